The lowest BCUT2D eigenvalue weighted by Crippen LogP contribution is -2.23. The van der Waals surface area contributed by atoms with Crippen molar-refractivity contribution < 1.29 is 14.7 Å². The van der Waals surface area contributed by atoms with Crippen molar-refractivity contribution in [3.63, 3.8) is 0 Å². The van der Waals surface area contributed by atoms with E-state index < -0.39 is 0 Å². The van der Waals surface area contributed by atoms with Crippen molar-refractivity contribution in [2.24, 2.45) is 5.16 Å². The van der Waals surface area contributed by atoms with E-state index in [0.29, 0.717) is 19.3 Å². The van der Waals surface area contributed by atoms with Gasteiger partial charge in [0.15, 0.2) is 0 Å². The lowest BCUT2D eigenvalue weighted by Gasteiger charge is -2.22. The molecule has 0 atom stereocenters. The zero-order valence-electron chi connectivity index (χ0n) is 8.03. The molecule has 1 aliphatic rings. The maximum Gasteiger partial charge on any atom is 0.0704 e. The van der Waals surface area contributed by atoms with Crippen LogP contribution in [0.1, 0.15) is 25.7 Å². The highest BCUT2D eigenvalue weighted by Gasteiger charge is 2.17. The minimum Gasteiger partial charge on any atom is -0.411 e. The highest BCUT2D eigenvalue weighted by atomic mass is 16.5. The first-order valence-electron chi connectivity index (χ1n) is 4.67. The van der Waals surface area contributed by atoms with E-state index in [1.807, 2.05) is 0 Å². The minimum atomic E-state index is 0.320. The molecule has 1 fully saturated rings. The van der Waals surface area contributed by atoms with E-state index in [9.17, 15) is 0 Å². The highest BCUT2D eigenvalue weighted by molar-refractivity contribution is 5.84. The van der Waals surface area contributed by atoms with E-state index in [1.54, 1.807) is 7.11 Å². The van der Waals surface area contributed by atoms with Gasteiger partial charge in [0.25, 0.3) is 0 Å². The van der Waals surface area contributed by atoms with Crippen molar-refractivity contribution in [1.29, 1.82) is 0 Å². The summed E-state index contributed by atoms with van der Waals surface area (Å²) in [4.78, 5) is 0. The molecule has 1 rings (SSSR count). The Bertz CT molecular complexity index is 160. The first-order chi connectivity index (χ1) is 6.36. The van der Waals surface area contributed by atoms with Crippen molar-refractivity contribution in [2.45, 2.75) is 31.8 Å². The Morgan fingerprint density at radius 2 is 2.08 bits per heavy atom. The molecule has 1 saturated carbocycles. The third-order valence-electron chi connectivity index (χ3n) is 2.29. The van der Waals surface area contributed by atoms with Crippen LogP contribution >= 0.6 is 0 Å². The van der Waals surface area contributed by atoms with Crippen LogP contribution in [0.4, 0.5) is 0 Å². The average molecular weight is 187 g/mol. The third kappa shape index (κ3) is 3.74. The first-order valence-corrected chi connectivity index (χ1v) is 4.67. The lowest BCUT2D eigenvalue weighted by molar-refractivity contribution is 0.00797. The number of methoxy groups -OCH3 is 1. The van der Waals surface area contributed by atoms with E-state index >= 15 is 0 Å². The second-order valence-corrected chi connectivity index (χ2v) is 3.23. The van der Waals surface area contributed by atoms with Gasteiger partial charge in [0, 0.05) is 7.11 Å². The van der Waals surface area contributed by atoms with Crippen LogP contribution in [-0.4, -0.2) is 37.3 Å². The van der Waals surface area contributed by atoms with E-state index in [0.717, 1.165) is 31.4 Å². The fourth-order valence-corrected chi connectivity index (χ4v) is 1.49. The topological polar surface area (TPSA) is 51.0 Å². The zero-order valence-corrected chi connectivity index (χ0v) is 8.03. The van der Waals surface area contributed by atoms with Crippen molar-refractivity contribution in [1.82, 2.24) is 0 Å². The second kappa shape index (κ2) is 5.94. The molecule has 4 heteroatoms. The molecule has 0 heterocycles. The predicted molar refractivity (Wildman–Crippen MR) is 49.3 cm³/mol. The van der Waals surface area contributed by atoms with Crippen LogP contribution < -0.4 is 0 Å². The van der Waals surface area contributed by atoms with Gasteiger partial charge in [0.2, 0.25) is 0 Å². The molecule has 1 aliphatic carbocycles. The van der Waals surface area contributed by atoms with Crippen molar-refractivity contribution >= 4 is 5.71 Å². The molecule has 0 bridgehead atoms. The summed E-state index contributed by atoms with van der Waals surface area (Å²) >= 11 is 0. The molecule has 0 aromatic heterocycles. The molecule has 0 saturated heterocycles. The summed E-state index contributed by atoms with van der Waals surface area (Å²) in [5, 5.41) is 11.7. The Kier molecular flexibility index (Phi) is 4.78. The summed E-state index contributed by atoms with van der Waals surface area (Å²) < 4.78 is 10.4. The summed E-state index contributed by atoms with van der Waals surface area (Å²) in [6, 6.07) is 0. The number of hydrogen-bond acceptors (Lipinski definition) is 4. The van der Waals surface area contributed by atoms with Gasteiger partial charge in [0.1, 0.15) is 0 Å². The van der Waals surface area contributed by atoms with Crippen molar-refractivity contribution in [3.05, 3.63) is 0 Å². The van der Waals surface area contributed by atoms with Crippen LogP contribution in [0.3, 0.4) is 0 Å². The van der Waals surface area contributed by atoms with Gasteiger partial charge in [-0.15, -0.1) is 0 Å². The minimum absolute atomic E-state index is 0.320. The Hall–Kier alpha value is -0.610. The van der Waals surface area contributed by atoms with E-state index in [-0.39, 0.29) is 0 Å². The molecule has 13 heavy (non-hydrogen) atoms. The number of rotatable bonds is 4. The summed E-state index contributed by atoms with van der Waals surface area (Å²) in [7, 11) is 1.67. The normalized spacial score (nSPS) is 23.2. The number of nitrogens with zero attached hydrogens (tertiary/aromatic N) is 1. The van der Waals surface area contributed by atoms with Gasteiger partial charge in [-0.25, -0.2) is 0 Å². The lowest BCUT2D eigenvalue weighted by atomic mass is 9.96. The van der Waals surface area contributed by atoms with Crippen LogP contribution in [0.25, 0.3) is 0 Å². The first kappa shape index (κ1) is 10.5. The third-order valence-corrected chi connectivity index (χ3v) is 2.29. The molecule has 0 amide bonds. The molecule has 0 radical (unpaired) electrons. The van der Waals surface area contributed by atoms with Crippen LogP contribution in [0, 0.1) is 0 Å². The standard InChI is InChI=1S/C9H17NO3/c1-12-6-7-13-9-4-2-8(10-11)3-5-9/h9,11H,2-7H2,1H3. The van der Waals surface area contributed by atoms with Gasteiger partial charge >= 0.3 is 0 Å². The van der Waals surface area contributed by atoms with Crippen LogP contribution in [0.5, 0.6) is 0 Å². The Morgan fingerprint density at radius 3 is 2.62 bits per heavy atom. The largest absolute Gasteiger partial charge is 0.411 e. The van der Waals surface area contributed by atoms with Crippen molar-refractivity contribution in [2.75, 3.05) is 20.3 Å². The fourth-order valence-electron chi connectivity index (χ4n) is 1.49. The molecule has 1 N–H and O–H groups in total. The quantitative estimate of drug-likeness (QED) is 0.411. The van der Waals surface area contributed by atoms with E-state index in [4.69, 9.17) is 14.7 Å². The zero-order chi connectivity index (χ0) is 9.52. The Labute approximate surface area is 78.5 Å². The Morgan fingerprint density at radius 1 is 1.38 bits per heavy atom. The molecule has 0 aliphatic heterocycles. The second-order valence-electron chi connectivity index (χ2n) is 3.23. The molecular weight excluding hydrogens is 170 g/mol. The average Bonchev–Trinajstić information content (AvgIpc) is 2.19. The predicted octanol–water partition coefficient (Wildman–Crippen LogP) is 1.42. The summed E-state index contributed by atoms with van der Waals surface area (Å²) in [6.45, 7) is 1.31. The van der Waals surface area contributed by atoms with Gasteiger partial charge in [-0.1, -0.05) is 5.16 Å². The number of oxime groups is 1. The van der Waals surface area contributed by atoms with Gasteiger partial charge in [-0.2, -0.15) is 0 Å². The highest BCUT2D eigenvalue weighted by Crippen LogP contribution is 2.18. The van der Waals surface area contributed by atoms with Crippen molar-refractivity contribution in [3.8, 4) is 0 Å². The Balaban J connectivity index is 2.10. The summed E-state index contributed by atoms with van der Waals surface area (Å²) in [5.74, 6) is 0. The molecule has 0 aromatic carbocycles. The monoisotopic (exact) mass is 187 g/mol. The molecule has 0 spiro atoms. The maximum absolute atomic E-state index is 8.52. The van der Waals surface area contributed by atoms with Crippen LogP contribution in [0.15, 0.2) is 5.16 Å². The van der Waals surface area contributed by atoms with Gasteiger partial charge in [-0.05, 0) is 25.7 Å². The van der Waals surface area contributed by atoms with Crippen LogP contribution in [-0.2, 0) is 9.47 Å². The molecule has 0 aromatic rings. The SMILES string of the molecule is COCCOC1CCC(=NO)CC1. The summed E-state index contributed by atoms with van der Waals surface area (Å²) in [5.41, 5.74) is 0.895. The molecular formula is C9H17NO3. The molecule has 0 unspecified atom stereocenters. The maximum atomic E-state index is 8.52. The fraction of sp³-hybridized carbons (Fsp3) is 0.889. The van der Waals surface area contributed by atoms with E-state index in [1.165, 1.54) is 0 Å². The van der Waals surface area contributed by atoms with Gasteiger partial charge < -0.3 is 14.7 Å². The smallest absolute Gasteiger partial charge is 0.0704 e. The molecule has 76 valence electrons. The molecule has 4 nitrogen and oxygen atoms in total. The summed E-state index contributed by atoms with van der Waals surface area (Å²) in [6.07, 6.45) is 3.95. The van der Waals surface area contributed by atoms with Gasteiger partial charge in [0.05, 0.1) is 25.0 Å². The number of ether oxygens (including phenoxy) is 2. The van der Waals surface area contributed by atoms with Gasteiger partial charge in [-0.3, -0.25) is 0 Å². The number of hydrogen-bond donors (Lipinski definition) is 1. The van der Waals surface area contributed by atoms with E-state index in [2.05, 4.69) is 5.16 Å². The van der Waals surface area contributed by atoms with Crippen LogP contribution in [0.2, 0.25) is 0 Å².